The molecular weight excluding hydrogens is 316 g/mol. The molecule has 2 N–H and O–H groups in total. The van der Waals surface area contributed by atoms with E-state index in [0.29, 0.717) is 24.6 Å². The van der Waals surface area contributed by atoms with Crippen molar-refractivity contribution < 1.29 is 17.9 Å². The van der Waals surface area contributed by atoms with Crippen LogP contribution in [-0.4, -0.2) is 46.1 Å². The van der Waals surface area contributed by atoms with Gasteiger partial charge in [-0.25, -0.2) is 8.42 Å². The van der Waals surface area contributed by atoms with Gasteiger partial charge in [-0.15, -0.1) is 12.4 Å². The van der Waals surface area contributed by atoms with Gasteiger partial charge in [0.1, 0.15) is 16.4 Å². The molecule has 1 aliphatic rings. The molecule has 0 saturated carbocycles. The number of halogens is 1. The lowest BCUT2D eigenvalue weighted by Gasteiger charge is -2.18. The van der Waals surface area contributed by atoms with Gasteiger partial charge in [-0.1, -0.05) is 6.92 Å². The first-order chi connectivity index (χ1) is 9.40. The van der Waals surface area contributed by atoms with Crippen molar-refractivity contribution in [3.05, 3.63) is 18.2 Å². The average Bonchev–Trinajstić information content (AvgIpc) is 2.78. The number of ether oxygens (including phenoxy) is 2. The van der Waals surface area contributed by atoms with Crippen LogP contribution in [-0.2, 0) is 10.0 Å². The molecule has 0 spiro atoms. The highest BCUT2D eigenvalue weighted by Gasteiger charge is 2.36. The Morgan fingerprint density at radius 1 is 1.24 bits per heavy atom. The third-order valence-corrected chi connectivity index (χ3v) is 5.48. The van der Waals surface area contributed by atoms with E-state index in [2.05, 4.69) is 0 Å². The first-order valence-corrected chi connectivity index (χ1v) is 7.82. The molecule has 0 amide bonds. The molecule has 6 nitrogen and oxygen atoms in total. The van der Waals surface area contributed by atoms with Crippen LogP contribution in [0.1, 0.15) is 6.92 Å². The average molecular weight is 337 g/mol. The first-order valence-electron chi connectivity index (χ1n) is 6.38. The Morgan fingerprint density at radius 2 is 1.90 bits per heavy atom. The Morgan fingerprint density at radius 3 is 2.38 bits per heavy atom. The molecule has 1 aliphatic heterocycles. The van der Waals surface area contributed by atoms with Crippen molar-refractivity contribution in [3.63, 3.8) is 0 Å². The molecule has 21 heavy (non-hydrogen) atoms. The summed E-state index contributed by atoms with van der Waals surface area (Å²) in [7, 11) is -0.696. The van der Waals surface area contributed by atoms with Crippen molar-refractivity contribution >= 4 is 22.4 Å². The summed E-state index contributed by atoms with van der Waals surface area (Å²) < 4.78 is 37.1. The van der Waals surface area contributed by atoms with E-state index < -0.39 is 10.0 Å². The Kier molecular flexibility index (Phi) is 5.86. The minimum absolute atomic E-state index is 0. The second kappa shape index (κ2) is 6.83. The van der Waals surface area contributed by atoms with Gasteiger partial charge in [0.2, 0.25) is 10.0 Å². The summed E-state index contributed by atoms with van der Waals surface area (Å²) in [4.78, 5) is 0.112. The van der Waals surface area contributed by atoms with Crippen LogP contribution in [0.15, 0.2) is 23.1 Å². The number of hydrogen-bond acceptors (Lipinski definition) is 5. The lowest BCUT2D eigenvalue weighted by atomic mass is 10.1. The second-order valence-electron chi connectivity index (χ2n) is 4.98. The molecule has 2 atom stereocenters. The topological polar surface area (TPSA) is 81.9 Å². The smallest absolute Gasteiger partial charge is 0.246 e. The highest BCUT2D eigenvalue weighted by molar-refractivity contribution is 7.89. The number of nitrogens with zero attached hydrogens (tertiary/aromatic N) is 1. The second-order valence-corrected chi connectivity index (χ2v) is 6.89. The van der Waals surface area contributed by atoms with E-state index >= 15 is 0 Å². The number of nitrogens with two attached hydrogens (primary N) is 1. The lowest BCUT2D eigenvalue weighted by Crippen LogP contribution is -2.32. The van der Waals surface area contributed by atoms with Crippen LogP contribution >= 0.6 is 12.4 Å². The van der Waals surface area contributed by atoms with Gasteiger partial charge in [-0.2, -0.15) is 4.31 Å². The Balaban J connectivity index is 0.00000220. The standard InChI is InChI=1S/C13H20N2O4S.ClH/c1-9-7-15(8-11(9)14)20(16,17)13-6-10(18-2)4-5-12(13)19-3;/h4-6,9,11H,7-8,14H2,1-3H3;1H. The summed E-state index contributed by atoms with van der Waals surface area (Å²) in [5.41, 5.74) is 5.91. The van der Waals surface area contributed by atoms with Gasteiger partial charge < -0.3 is 15.2 Å². The Labute approximate surface area is 131 Å². The lowest BCUT2D eigenvalue weighted by molar-refractivity contribution is 0.388. The normalized spacial score (nSPS) is 22.7. The monoisotopic (exact) mass is 336 g/mol. The molecule has 1 fully saturated rings. The van der Waals surface area contributed by atoms with Gasteiger partial charge in [0.15, 0.2) is 0 Å². The van der Waals surface area contributed by atoms with Crippen LogP contribution in [0, 0.1) is 5.92 Å². The maximum Gasteiger partial charge on any atom is 0.246 e. The minimum Gasteiger partial charge on any atom is -0.497 e. The van der Waals surface area contributed by atoms with Crippen LogP contribution in [0.25, 0.3) is 0 Å². The van der Waals surface area contributed by atoms with Gasteiger partial charge in [0, 0.05) is 25.2 Å². The summed E-state index contributed by atoms with van der Waals surface area (Å²) in [5, 5.41) is 0. The molecule has 0 bridgehead atoms. The molecule has 120 valence electrons. The maximum absolute atomic E-state index is 12.7. The van der Waals surface area contributed by atoms with E-state index in [-0.39, 0.29) is 29.3 Å². The van der Waals surface area contributed by atoms with Crippen molar-refractivity contribution in [2.75, 3.05) is 27.3 Å². The minimum atomic E-state index is -3.63. The number of hydrogen-bond donors (Lipinski definition) is 1. The summed E-state index contributed by atoms with van der Waals surface area (Å²) in [6, 6.07) is 4.59. The SMILES string of the molecule is COc1ccc(OC)c(S(=O)(=O)N2CC(C)C(N)C2)c1.Cl. The van der Waals surface area contributed by atoms with Gasteiger partial charge in [0.25, 0.3) is 0 Å². The number of rotatable bonds is 4. The highest BCUT2D eigenvalue weighted by Crippen LogP contribution is 2.32. The van der Waals surface area contributed by atoms with Crippen molar-refractivity contribution in [1.82, 2.24) is 4.31 Å². The number of benzene rings is 1. The fourth-order valence-electron chi connectivity index (χ4n) is 2.27. The third-order valence-electron chi connectivity index (χ3n) is 3.63. The van der Waals surface area contributed by atoms with Gasteiger partial charge in [0.05, 0.1) is 14.2 Å². The quantitative estimate of drug-likeness (QED) is 0.890. The van der Waals surface area contributed by atoms with Crippen molar-refractivity contribution in [3.8, 4) is 11.5 Å². The first kappa shape index (κ1) is 18.0. The predicted molar refractivity (Wildman–Crippen MR) is 82.7 cm³/mol. The van der Waals surface area contributed by atoms with Crippen molar-refractivity contribution in [2.24, 2.45) is 11.7 Å². The molecule has 2 rings (SSSR count). The summed E-state index contributed by atoms with van der Waals surface area (Å²) in [6.07, 6.45) is 0. The molecule has 0 radical (unpaired) electrons. The van der Waals surface area contributed by atoms with E-state index in [9.17, 15) is 8.42 Å². The molecule has 1 saturated heterocycles. The summed E-state index contributed by atoms with van der Waals surface area (Å²) in [6.45, 7) is 2.69. The number of methoxy groups -OCH3 is 2. The molecule has 8 heteroatoms. The van der Waals surface area contributed by atoms with Gasteiger partial charge in [-0.3, -0.25) is 0 Å². The summed E-state index contributed by atoms with van der Waals surface area (Å²) >= 11 is 0. The molecule has 1 aromatic carbocycles. The molecule has 0 aromatic heterocycles. The van der Waals surface area contributed by atoms with Crippen LogP contribution in [0.2, 0.25) is 0 Å². The van der Waals surface area contributed by atoms with E-state index in [0.717, 1.165) is 0 Å². The molecule has 1 aromatic rings. The molecule has 1 heterocycles. The van der Waals surface area contributed by atoms with Gasteiger partial charge >= 0.3 is 0 Å². The van der Waals surface area contributed by atoms with Crippen LogP contribution in [0.3, 0.4) is 0 Å². The predicted octanol–water partition coefficient (Wildman–Crippen LogP) is 1.09. The summed E-state index contributed by atoms with van der Waals surface area (Å²) in [5.74, 6) is 0.918. The van der Waals surface area contributed by atoms with Gasteiger partial charge in [-0.05, 0) is 18.1 Å². The largest absolute Gasteiger partial charge is 0.497 e. The highest BCUT2D eigenvalue weighted by atomic mass is 35.5. The molecule has 0 aliphatic carbocycles. The van der Waals surface area contributed by atoms with Crippen LogP contribution in [0.4, 0.5) is 0 Å². The third kappa shape index (κ3) is 3.42. The fourth-order valence-corrected chi connectivity index (χ4v) is 4.02. The van der Waals surface area contributed by atoms with Crippen LogP contribution < -0.4 is 15.2 Å². The zero-order valence-electron chi connectivity index (χ0n) is 12.3. The molecule has 2 unspecified atom stereocenters. The molecular formula is C13H21ClN2O4S. The van der Waals surface area contributed by atoms with E-state index in [1.165, 1.54) is 24.6 Å². The van der Waals surface area contributed by atoms with E-state index in [1.807, 2.05) is 6.92 Å². The van der Waals surface area contributed by atoms with Crippen molar-refractivity contribution in [2.45, 2.75) is 17.9 Å². The fraction of sp³-hybridized carbons (Fsp3) is 0.538. The Bertz CT molecular complexity index is 584. The Hall–Kier alpha value is -1.02. The number of sulfonamides is 1. The zero-order chi connectivity index (χ0) is 14.9. The maximum atomic E-state index is 12.7. The van der Waals surface area contributed by atoms with Crippen molar-refractivity contribution in [1.29, 1.82) is 0 Å². The van der Waals surface area contributed by atoms with E-state index in [1.54, 1.807) is 12.1 Å². The van der Waals surface area contributed by atoms with E-state index in [4.69, 9.17) is 15.2 Å². The zero-order valence-corrected chi connectivity index (χ0v) is 13.9. The van der Waals surface area contributed by atoms with Crippen LogP contribution in [0.5, 0.6) is 11.5 Å².